The third-order valence-corrected chi connectivity index (χ3v) is 8.21. The highest BCUT2D eigenvalue weighted by Gasteiger charge is 2.44. The summed E-state index contributed by atoms with van der Waals surface area (Å²) in [6, 6.07) is 2.14. The Morgan fingerprint density at radius 2 is 2.04 bits per heavy atom. The molecule has 1 atom stereocenters. The van der Waals surface area contributed by atoms with Crippen molar-refractivity contribution in [2.75, 3.05) is 18.5 Å². The van der Waals surface area contributed by atoms with E-state index in [1.165, 1.54) is 12.1 Å². The average Bonchev–Trinajstić information content (AvgIpc) is 3.11. The van der Waals surface area contributed by atoms with Crippen LogP contribution in [0.25, 0.3) is 0 Å². The fraction of sp³-hybridized carbons (Fsp3) is 0.500. The Bertz CT molecular complexity index is 863. The van der Waals surface area contributed by atoms with Crippen LogP contribution in [0.4, 0.5) is 10.5 Å². The highest BCUT2D eigenvalue weighted by atomic mass is 35.5. The molecule has 2 aliphatic rings. The summed E-state index contributed by atoms with van der Waals surface area (Å²) in [7, 11) is -3.95. The van der Waals surface area contributed by atoms with Crippen LogP contribution in [0.3, 0.4) is 0 Å². The fourth-order valence-corrected chi connectivity index (χ4v) is 5.64. The number of anilines is 1. The van der Waals surface area contributed by atoms with Gasteiger partial charge in [0.25, 0.3) is 0 Å². The van der Waals surface area contributed by atoms with Crippen LogP contribution in [0.1, 0.15) is 32.6 Å². The minimum absolute atomic E-state index is 0.00638. The molecule has 2 amide bonds. The lowest BCUT2D eigenvalue weighted by molar-refractivity contribution is 0.0788. The Kier molecular flexibility index (Phi) is 5.69. The third-order valence-electron chi connectivity index (χ3n) is 5.13. The van der Waals surface area contributed by atoms with E-state index in [-0.39, 0.29) is 21.6 Å². The van der Waals surface area contributed by atoms with Crippen LogP contribution >= 0.6 is 11.6 Å². The summed E-state index contributed by atoms with van der Waals surface area (Å²) in [5.41, 5.74) is -0.00638. The summed E-state index contributed by atoms with van der Waals surface area (Å²) < 4.78 is 30.6. The number of hydrogen-bond donors (Lipinski definition) is 3. The summed E-state index contributed by atoms with van der Waals surface area (Å²) >= 11 is 6.13. The number of hydrogen-bond acceptors (Lipinski definition) is 5. The largest absolute Gasteiger partial charge is 0.504 e. The second-order valence-corrected chi connectivity index (χ2v) is 9.86. The van der Waals surface area contributed by atoms with E-state index in [1.807, 2.05) is 12.2 Å². The van der Waals surface area contributed by atoms with Gasteiger partial charge in [0.15, 0.2) is 15.6 Å². The lowest BCUT2D eigenvalue weighted by Gasteiger charge is -2.33. The van der Waals surface area contributed by atoms with Crippen molar-refractivity contribution in [3.8, 4) is 5.75 Å². The molecule has 0 radical (unpaired) electrons. The van der Waals surface area contributed by atoms with E-state index in [1.54, 1.807) is 6.92 Å². The second kappa shape index (κ2) is 7.69. The average molecular weight is 415 g/mol. The molecule has 7 nitrogen and oxygen atoms in total. The van der Waals surface area contributed by atoms with Crippen molar-refractivity contribution in [2.45, 2.75) is 48.3 Å². The first kappa shape index (κ1) is 20.0. The molecular weight excluding hydrogens is 392 g/mol. The molecule has 1 saturated heterocycles. The van der Waals surface area contributed by atoms with Gasteiger partial charge in [-0.1, -0.05) is 23.8 Å². The molecule has 1 heterocycles. The quantitative estimate of drug-likeness (QED) is 0.518. The number of ether oxygens (including phenoxy) is 1. The van der Waals surface area contributed by atoms with E-state index in [9.17, 15) is 18.3 Å². The van der Waals surface area contributed by atoms with Gasteiger partial charge in [0.1, 0.15) is 4.90 Å². The van der Waals surface area contributed by atoms with Crippen LogP contribution in [0.15, 0.2) is 29.2 Å². The monoisotopic (exact) mass is 414 g/mol. The predicted molar refractivity (Wildman–Crippen MR) is 103 cm³/mol. The van der Waals surface area contributed by atoms with Crippen molar-refractivity contribution in [3.63, 3.8) is 0 Å². The Balaban J connectivity index is 1.89. The summed E-state index contributed by atoms with van der Waals surface area (Å²) in [5.74, 6) is -0.549. The molecule has 0 aromatic heterocycles. The van der Waals surface area contributed by atoms with Gasteiger partial charge in [-0.2, -0.15) is 0 Å². The van der Waals surface area contributed by atoms with E-state index in [0.29, 0.717) is 26.1 Å². The first-order chi connectivity index (χ1) is 12.7. The molecule has 1 aliphatic heterocycles. The summed E-state index contributed by atoms with van der Waals surface area (Å²) in [5, 5.41) is 15.8. The molecule has 1 aromatic carbocycles. The van der Waals surface area contributed by atoms with Crippen molar-refractivity contribution in [2.24, 2.45) is 0 Å². The Morgan fingerprint density at radius 1 is 1.33 bits per heavy atom. The standard InChI is InChI=1S/C18H23ClN2O5S/c1-18(8-10-26-11-9-18)27(24,25)16-13(19)6-7-14(15(16)22)21-17(23)20-12-4-2-3-5-12/h2,4,6-7,12,22H,3,5,8-11H2,1H3,(H2,20,21,23). The number of phenols is 1. The molecule has 148 valence electrons. The number of sulfone groups is 1. The van der Waals surface area contributed by atoms with Crippen LogP contribution in [0.5, 0.6) is 5.75 Å². The molecule has 9 heteroatoms. The van der Waals surface area contributed by atoms with Gasteiger partial charge in [0.05, 0.1) is 15.5 Å². The van der Waals surface area contributed by atoms with Crippen molar-refractivity contribution >= 4 is 33.2 Å². The lowest BCUT2D eigenvalue weighted by atomic mass is 10.0. The SMILES string of the molecule is CC1(S(=O)(=O)c2c(Cl)ccc(NC(=O)NC3C=CCC3)c2O)CCOCC1. The van der Waals surface area contributed by atoms with Crippen molar-refractivity contribution in [3.05, 3.63) is 29.3 Å². The summed E-state index contributed by atoms with van der Waals surface area (Å²) in [6.45, 7) is 2.27. The molecule has 1 unspecified atom stereocenters. The van der Waals surface area contributed by atoms with E-state index in [0.717, 1.165) is 12.8 Å². The van der Waals surface area contributed by atoms with E-state index in [2.05, 4.69) is 10.6 Å². The van der Waals surface area contributed by atoms with Crippen LogP contribution in [-0.4, -0.2) is 43.6 Å². The van der Waals surface area contributed by atoms with Crippen LogP contribution in [0, 0.1) is 0 Å². The number of carbonyl (C=O) groups excluding carboxylic acids is 1. The molecule has 27 heavy (non-hydrogen) atoms. The first-order valence-corrected chi connectivity index (χ1v) is 10.7. The maximum Gasteiger partial charge on any atom is 0.319 e. The van der Waals surface area contributed by atoms with Crippen molar-refractivity contribution < 1.29 is 23.1 Å². The van der Waals surface area contributed by atoms with Crippen molar-refractivity contribution in [1.29, 1.82) is 0 Å². The Hall–Kier alpha value is -1.77. The predicted octanol–water partition coefficient (Wildman–Crippen LogP) is 3.23. The van der Waals surface area contributed by atoms with Gasteiger partial charge in [0, 0.05) is 19.3 Å². The number of aromatic hydroxyl groups is 1. The maximum absolute atomic E-state index is 13.2. The number of urea groups is 1. The maximum atomic E-state index is 13.2. The van der Waals surface area contributed by atoms with E-state index < -0.39 is 26.4 Å². The normalized spacial score (nSPS) is 21.8. The summed E-state index contributed by atoms with van der Waals surface area (Å²) in [4.78, 5) is 11.8. The zero-order valence-electron chi connectivity index (χ0n) is 15.0. The van der Waals surface area contributed by atoms with E-state index >= 15 is 0 Å². The summed E-state index contributed by atoms with van der Waals surface area (Å²) in [6.07, 6.45) is 6.17. The van der Waals surface area contributed by atoms with Crippen LogP contribution in [-0.2, 0) is 14.6 Å². The second-order valence-electron chi connectivity index (χ2n) is 7.05. The molecule has 3 N–H and O–H groups in total. The van der Waals surface area contributed by atoms with E-state index in [4.69, 9.17) is 16.3 Å². The molecule has 0 saturated carbocycles. The Morgan fingerprint density at radius 3 is 2.67 bits per heavy atom. The molecule has 1 fully saturated rings. The van der Waals surface area contributed by atoms with Crippen molar-refractivity contribution in [1.82, 2.24) is 5.32 Å². The number of rotatable bonds is 4. The minimum Gasteiger partial charge on any atom is -0.504 e. The van der Waals surface area contributed by atoms with Crippen LogP contribution in [0.2, 0.25) is 5.02 Å². The van der Waals surface area contributed by atoms with Gasteiger partial charge in [-0.3, -0.25) is 0 Å². The highest BCUT2D eigenvalue weighted by Crippen LogP contribution is 2.44. The molecule has 0 bridgehead atoms. The van der Waals surface area contributed by atoms with Gasteiger partial charge in [-0.05, 0) is 44.7 Å². The smallest absolute Gasteiger partial charge is 0.319 e. The number of benzene rings is 1. The number of halogens is 1. The first-order valence-electron chi connectivity index (χ1n) is 8.83. The molecular formula is C18H23ClN2O5S. The van der Waals surface area contributed by atoms with Gasteiger partial charge in [-0.15, -0.1) is 0 Å². The highest BCUT2D eigenvalue weighted by molar-refractivity contribution is 7.93. The fourth-order valence-electron chi connectivity index (χ4n) is 3.30. The number of phenolic OH excluding ortho intramolecular Hbond substituents is 1. The van der Waals surface area contributed by atoms with Gasteiger partial charge in [0.2, 0.25) is 0 Å². The lowest BCUT2D eigenvalue weighted by Crippen LogP contribution is -2.41. The van der Waals surface area contributed by atoms with Gasteiger partial charge in [-0.25, -0.2) is 13.2 Å². The number of nitrogens with one attached hydrogen (secondary N) is 2. The zero-order chi connectivity index (χ0) is 19.7. The molecule has 1 aliphatic carbocycles. The number of amides is 2. The zero-order valence-corrected chi connectivity index (χ0v) is 16.6. The molecule has 3 rings (SSSR count). The van der Waals surface area contributed by atoms with Gasteiger partial charge < -0.3 is 20.5 Å². The third kappa shape index (κ3) is 3.93. The number of carbonyl (C=O) groups is 1. The molecule has 0 spiro atoms. The van der Waals surface area contributed by atoms with Gasteiger partial charge >= 0.3 is 6.03 Å². The Labute approximate surface area is 163 Å². The number of allylic oxidation sites excluding steroid dienone is 1. The minimum atomic E-state index is -3.95. The topological polar surface area (TPSA) is 105 Å². The molecule has 1 aromatic rings. The van der Waals surface area contributed by atoms with Crippen LogP contribution < -0.4 is 10.6 Å².